The van der Waals surface area contributed by atoms with E-state index < -0.39 is 0 Å². The van der Waals surface area contributed by atoms with Crippen LogP contribution in [0.25, 0.3) is 0 Å². The van der Waals surface area contributed by atoms with Gasteiger partial charge in [0.25, 0.3) is 0 Å². The van der Waals surface area contributed by atoms with E-state index in [-0.39, 0.29) is 0 Å². The van der Waals surface area contributed by atoms with E-state index in [0.717, 1.165) is 26.9 Å². The monoisotopic (exact) mass is 358 g/mol. The molecule has 0 atom stereocenters. The lowest BCUT2D eigenvalue weighted by Crippen LogP contribution is -1.85. The molecule has 1 nitrogen and oxygen atoms in total. The zero-order valence-corrected chi connectivity index (χ0v) is 13.7. The van der Waals surface area contributed by atoms with Crippen molar-refractivity contribution >= 4 is 45.4 Å². The third kappa shape index (κ3) is 4.64. The summed E-state index contributed by atoms with van der Waals surface area (Å²) in [6, 6.07) is 11.0. The molecule has 0 aromatic heterocycles. The second kappa shape index (κ2) is 7.68. The quantitative estimate of drug-likeness (QED) is 0.581. The lowest BCUT2D eigenvalue weighted by molar-refractivity contribution is 0.112. The van der Waals surface area contributed by atoms with Gasteiger partial charge in [-0.2, -0.15) is 0 Å². The predicted octanol–water partition coefficient (Wildman–Crippen LogP) is 5.87. The van der Waals surface area contributed by atoms with Gasteiger partial charge in [0.15, 0.2) is 0 Å². The summed E-state index contributed by atoms with van der Waals surface area (Å²) in [4.78, 5) is 10.3. The predicted molar refractivity (Wildman–Crippen MR) is 85.5 cm³/mol. The number of halogens is 3. The summed E-state index contributed by atoms with van der Waals surface area (Å²) in [5.74, 6) is 0. The van der Waals surface area contributed by atoms with Gasteiger partial charge in [-0.25, -0.2) is 0 Å². The fourth-order valence-electron chi connectivity index (χ4n) is 1.33. The van der Waals surface area contributed by atoms with Crippen LogP contribution in [0.1, 0.15) is 21.5 Å². The summed E-state index contributed by atoms with van der Waals surface area (Å²) in [5, 5.41) is 1.45. The molecule has 2 aromatic carbocycles. The highest BCUT2D eigenvalue weighted by molar-refractivity contribution is 9.10. The molecule has 0 heterocycles. The lowest BCUT2D eigenvalue weighted by Gasteiger charge is -1.97. The van der Waals surface area contributed by atoms with Crippen LogP contribution in [0.2, 0.25) is 10.0 Å². The van der Waals surface area contributed by atoms with E-state index >= 15 is 0 Å². The molecule has 2 rings (SSSR count). The Morgan fingerprint density at radius 1 is 0.947 bits per heavy atom. The molecular weight excluding hydrogens is 347 g/mol. The van der Waals surface area contributed by atoms with Crippen molar-refractivity contribution in [2.24, 2.45) is 0 Å². The maximum absolute atomic E-state index is 10.3. The van der Waals surface area contributed by atoms with Gasteiger partial charge < -0.3 is 0 Å². The molecular formula is C15H13BrCl2O. The van der Waals surface area contributed by atoms with Crippen LogP contribution in [0.4, 0.5) is 0 Å². The maximum atomic E-state index is 10.3. The largest absolute Gasteiger partial charge is 0.298 e. The molecule has 0 aliphatic rings. The van der Waals surface area contributed by atoms with E-state index in [1.807, 2.05) is 32.0 Å². The molecule has 0 bridgehead atoms. The van der Waals surface area contributed by atoms with E-state index in [0.29, 0.717) is 10.6 Å². The van der Waals surface area contributed by atoms with Crippen molar-refractivity contribution < 1.29 is 4.79 Å². The van der Waals surface area contributed by atoms with Crippen LogP contribution in [0.15, 0.2) is 40.9 Å². The first kappa shape index (κ1) is 16.2. The maximum Gasteiger partial charge on any atom is 0.150 e. The number of aldehydes is 1. The van der Waals surface area contributed by atoms with Crippen LogP contribution in [0.5, 0.6) is 0 Å². The normalized spacial score (nSPS) is 9.53. The summed E-state index contributed by atoms with van der Waals surface area (Å²) in [7, 11) is 0. The third-order valence-electron chi connectivity index (χ3n) is 2.64. The molecule has 0 aliphatic carbocycles. The Bertz CT molecular complexity index is 562. The molecule has 0 unspecified atom stereocenters. The standard InChI is InChI=1S/C8H7ClO.C7H6BrCl/c1-6-7(5-10)3-2-4-8(6)9;1-5-6(8)3-2-4-7(5)9/h2-5H,1H3;2-4H,1H3. The molecule has 0 N–H and O–H groups in total. The Kier molecular flexibility index (Phi) is 6.56. The van der Waals surface area contributed by atoms with E-state index in [2.05, 4.69) is 15.9 Å². The number of carbonyl (C=O) groups excluding carboxylic acids is 1. The summed E-state index contributed by atoms with van der Waals surface area (Å²) in [5.41, 5.74) is 2.60. The molecule has 0 aliphatic heterocycles. The summed E-state index contributed by atoms with van der Waals surface area (Å²) in [6.45, 7) is 3.80. The highest BCUT2D eigenvalue weighted by atomic mass is 79.9. The molecule has 0 saturated carbocycles. The average molecular weight is 360 g/mol. The average Bonchev–Trinajstić information content (AvgIpc) is 2.40. The van der Waals surface area contributed by atoms with Crippen molar-refractivity contribution in [1.82, 2.24) is 0 Å². The van der Waals surface area contributed by atoms with Gasteiger partial charge in [-0.3, -0.25) is 4.79 Å². The van der Waals surface area contributed by atoms with Crippen molar-refractivity contribution in [2.45, 2.75) is 13.8 Å². The Hall–Kier alpha value is -0.830. The Labute approximate surface area is 131 Å². The number of benzene rings is 2. The first-order valence-electron chi connectivity index (χ1n) is 5.58. The molecule has 0 amide bonds. The van der Waals surface area contributed by atoms with Crippen LogP contribution < -0.4 is 0 Å². The van der Waals surface area contributed by atoms with Gasteiger partial charge in [-0.1, -0.05) is 57.3 Å². The highest BCUT2D eigenvalue weighted by Gasteiger charge is 1.98. The fraction of sp³-hybridized carbons (Fsp3) is 0.133. The molecule has 0 fully saturated rings. The Balaban J connectivity index is 0.000000191. The Morgan fingerprint density at radius 3 is 1.89 bits per heavy atom. The van der Waals surface area contributed by atoms with Crippen molar-refractivity contribution in [3.63, 3.8) is 0 Å². The first-order chi connectivity index (χ1) is 8.97. The van der Waals surface area contributed by atoms with Crippen LogP contribution in [-0.4, -0.2) is 6.29 Å². The van der Waals surface area contributed by atoms with Crippen LogP contribution in [0.3, 0.4) is 0 Å². The van der Waals surface area contributed by atoms with Crippen molar-refractivity contribution in [1.29, 1.82) is 0 Å². The minimum atomic E-state index is 0.643. The number of hydrogen-bond acceptors (Lipinski definition) is 1. The lowest BCUT2D eigenvalue weighted by atomic mass is 10.1. The van der Waals surface area contributed by atoms with Crippen LogP contribution in [0, 0.1) is 13.8 Å². The molecule has 2 aromatic rings. The number of hydrogen-bond donors (Lipinski definition) is 0. The van der Waals surface area contributed by atoms with E-state index in [4.69, 9.17) is 23.2 Å². The van der Waals surface area contributed by atoms with Gasteiger partial charge in [-0.15, -0.1) is 0 Å². The van der Waals surface area contributed by atoms with Gasteiger partial charge in [0.05, 0.1) is 0 Å². The molecule has 100 valence electrons. The second-order valence-electron chi connectivity index (χ2n) is 3.92. The van der Waals surface area contributed by atoms with Crippen molar-refractivity contribution in [3.8, 4) is 0 Å². The SMILES string of the molecule is Cc1c(Cl)cccc1Br.Cc1c(Cl)cccc1C=O. The number of rotatable bonds is 1. The molecule has 4 heteroatoms. The van der Waals surface area contributed by atoms with E-state index in [9.17, 15) is 4.79 Å². The summed E-state index contributed by atoms with van der Waals surface area (Å²) >= 11 is 14.9. The number of carbonyl (C=O) groups is 1. The first-order valence-corrected chi connectivity index (χ1v) is 7.13. The zero-order chi connectivity index (χ0) is 14.4. The fourth-order valence-corrected chi connectivity index (χ4v) is 2.17. The molecule has 0 spiro atoms. The van der Waals surface area contributed by atoms with Gasteiger partial charge >= 0.3 is 0 Å². The highest BCUT2D eigenvalue weighted by Crippen LogP contribution is 2.22. The van der Waals surface area contributed by atoms with Gasteiger partial charge in [0.1, 0.15) is 6.29 Å². The van der Waals surface area contributed by atoms with E-state index in [1.165, 1.54) is 0 Å². The van der Waals surface area contributed by atoms with Crippen LogP contribution >= 0.6 is 39.1 Å². The molecule has 0 radical (unpaired) electrons. The topological polar surface area (TPSA) is 17.1 Å². The molecule has 0 saturated heterocycles. The minimum Gasteiger partial charge on any atom is -0.298 e. The van der Waals surface area contributed by atoms with E-state index in [1.54, 1.807) is 18.2 Å². The molecule has 19 heavy (non-hydrogen) atoms. The minimum absolute atomic E-state index is 0.643. The smallest absolute Gasteiger partial charge is 0.150 e. The van der Waals surface area contributed by atoms with Gasteiger partial charge in [-0.05, 0) is 43.2 Å². The van der Waals surface area contributed by atoms with Gasteiger partial charge in [0.2, 0.25) is 0 Å². The third-order valence-corrected chi connectivity index (χ3v) is 4.32. The zero-order valence-electron chi connectivity index (χ0n) is 10.6. The van der Waals surface area contributed by atoms with Crippen LogP contribution in [-0.2, 0) is 0 Å². The van der Waals surface area contributed by atoms with Crippen molar-refractivity contribution in [2.75, 3.05) is 0 Å². The van der Waals surface area contributed by atoms with Crippen molar-refractivity contribution in [3.05, 3.63) is 67.6 Å². The second-order valence-corrected chi connectivity index (χ2v) is 5.59. The van der Waals surface area contributed by atoms with Gasteiger partial charge in [0, 0.05) is 20.1 Å². The Morgan fingerprint density at radius 2 is 1.47 bits per heavy atom. The summed E-state index contributed by atoms with van der Waals surface area (Å²) < 4.78 is 1.06. The summed E-state index contributed by atoms with van der Waals surface area (Å²) in [6.07, 6.45) is 0.807.